The predicted molar refractivity (Wildman–Crippen MR) is 42.5 cm³/mol. The van der Waals surface area contributed by atoms with Crippen molar-refractivity contribution in [3.8, 4) is 0 Å². The third kappa shape index (κ3) is 4.58. The quantitative estimate of drug-likeness (QED) is 0.302. The van der Waals surface area contributed by atoms with E-state index in [9.17, 15) is 0 Å². The predicted octanol–water partition coefficient (Wildman–Crippen LogP) is -0.295. The lowest BCUT2D eigenvalue weighted by Crippen LogP contribution is -2.33. The number of methoxy groups -OCH3 is 1. The minimum Gasteiger partial charge on any atom is -0.377 e. The molecule has 0 spiro atoms. The zero-order chi connectivity index (χ0) is 8.91. The van der Waals surface area contributed by atoms with E-state index < -0.39 is 0 Å². The molecular formula is C6H15N3O2. The van der Waals surface area contributed by atoms with Gasteiger partial charge < -0.3 is 10.5 Å². The first-order valence-corrected chi connectivity index (χ1v) is 3.27. The van der Waals surface area contributed by atoms with E-state index in [1.54, 1.807) is 12.6 Å². The van der Waals surface area contributed by atoms with Gasteiger partial charge in [0.25, 0.3) is 0 Å². The second-order valence-corrected chi connectivity index (χ2v) is 2.78. The number of nitrogens with zero attached hydrogens (tertiary/aromatic N) is 1. The number of rotatable bonds is 3. The molecule has 0 radical (unpaired) electrons. The van der Waals surface area contributed by atoms with Crippen molar-refractivity contribution in [3.05, 3.63) is 0 Å². The summed E-state index contributed by atoms with van der Waals surface area (Å²) in [5.74, 6) is -0.00451. The van der Waals surface area contributed by atoms with Gasteiger partial charge in [-0.15, -0.1) is 0 Å². The molecule has 0 atom stereocenters. The fourth-order valence-corrected chi connectivity index (χ4v) is 0.375. The van der Waals surface area contributed by atoms with Crippen molar-refractivity contribution in [1.29, 1.82) is 0 Å². The lowest BCUT2D eigenvalue weighted by molar-refractivity contribution is 0.0309. The molecule has 0 aliphatic carbocycles. The van der Waals surface area contributed by atoms with Crippen LogP contribution in [0.5, 0.6) is 0 Å². The van der Waals surface area contributed by atoms with Gasteiger partial charge in [0.15, 0.2) is 0 Å². The van der Waals surface area contributed by atoms with Crippen LogP contribution in [0.1, 0.15) is 13.8 Å². The molecule has 4 N–H and O–H groups in total. The fraction of sp³-hybridized carbons (Fsp3) is 0.833. The lowest BCUT2D eigenvalue weighted by Gasteiger charge is -2.19. The SMILES string of the molecule is COC(C)(C)CN=C(N)NO. The van der Waals surface area contributed by atoms with Gasteiger partial charge in [-0.25, -0.2) is 10.5 Å². The lowest BCUT2D eigenvalue weighted by atomic mass is 10.1. The summed E-state index contributed by atoms with van der Waals surface area (Å²) < 4.78 is 5.06. The van der Waals surface area contributed by atoms with E-state index in [0.29, 0.717) is 6.54 Å². The van der Waals surface area contributed by atoms with Crippen molar-refractivity contribution in [2.75, 3.05) is 13.7 Å². The van der Waals surface area contributed by atoms with Crippen molar-refractivity contribution >= 4 is 5.96 Å². The monoisotopic (exact) mass is 161 g/mol. The summed E-state index contributed by atoms with van der Waals surface area (Å²) in [6, 6.07) is 0. The topological polar surface area (TPSA) is 79.9 Å². The summed E-state index contributed by atoms with van der Waals surface area (Å²) in [4.78, 5) is 3.79. The molecule has 0 amide bonds. The molecule has 0 aromatic heterocycles. The fourth-order valence-electron chi connectivity index (χ4n) is 0.375. The molecule has 5 heteroatoms. The van der Waals surface area contributed by atoms with Gasteiger partial charge in [-0.05, 0) is 13.8 Å². The molecule has 0 rings (SSSR count). The number of hydrogen-bond donors (Lipinski definition) is 3. The molecule has 0 bridgehead atoms. The number of hydrogen-bond acceptors (Lipinski definition) is 3. The molecule has 0 fully saturated rings. The first kappa shape index (κ1) is 10.2. The number of aliphatic imine (C=N–C) groups is 1. The van der Waals surface area contributed by atoms with Crippen LogP contribution in [-0.4, -0.2) is 30.4 Å². The molecule has 0 aliphatic heterocycles. The highest BCUT2D eigenvalue weighted by Crippen LogP contribution is 2.06. The van der Waals surface area contributed by atoms with Gasteiger partial charge in [0.05, 0.1) is 12.1 Å². The van der Waals surface area contributed by atoms with Gasteiger partial charge in [-0.2, -0.15) is 0 Å². The molecular weight excluding hydrogens is 146 g/mol. The number of ether oxygens (including phenoxy) is 1. The standard InChI is InChI=1S/C6H15N3O2/c1-6(2,11-3)4-8-5(7)9-10/h10H,4H2,1-3H3,(H3,7,8,9). The normalized spacial score (nSPS) is 13.3. The highest BCUT2D eigenvalue weighted by atomic mass is 16.5. The molecule has 0 saturated heterocycles. The Hall–Kier alpha value is -0.810. The van der Waals surface area contributed by atoms with Crippen LogP contribution in [0.3, 0.4) is 0 Å². The van der Waals surface area contributed by atoms with Gasteiger partial charge in [-0.3, -0.25) is 5.21 Å². The zero-order valence-corrected chi connectivity index (χ0v) is 7.09. The first-order valence-electron chi connectivity index (χ1n) is 3.27. The minimum absolute atomic E-state index is 0.00451. The number of guanidine groups is 1. The van der Waals surface area contributed by atoms with E-state index in [4.69, 9.17) is 15.7 Å². The Kier molecular flexibility index (Phi) is 3.84. The van der Waals surface area contributed by atoms with Gasteiger partial charge >= 0.3 is 0 Å². The second-order valence-electron chi connectivity index (χ2n) is 2.78. The number of nitrogens with one attached hydrogen (secondary N) is 1. The van der Waals surface area contributed by atoms with E-state index in [2.05, 4.69) is 4.99 Å². The summed E-state index contributed by atoms with van der Waals surface area (Å²) in [6.07, 6.45) is 0. The van der Waals surface area contributed by atoms with Crippen LogP contribution in [0.15, 0.2) is 4.99 Å². The Bertz CT molecular complexity index is 145. The maximum Gasteiger partial charge on any atom is 0.212 e. The van der Waals surface area contributed by atoms with Crippen LogP contribution >= 0.6 is 0 Å². The smallest absolute Gasteiger partial charge is 0.212 e. The maximum absolute atomic E-state index is 8.26. The van der Waals surface area contributed by atoms with Crippen LogP contribution in [0, 0.1) is 0 Å². The second kappa shape index (κ2) is 4.15. The molecule has 0 saturated carbocycles. The third-order valence-corrected chi connectivity index (χ3v) is 1.30. The summed E-state index contributed by atoms with van der Waals surface area (Å²) in [6.45, 7) is 4.16. The summed E-state index contributed by atoms with van der Waals surface area (Å²) >= 11 is 0. The number of nitrogens with two attached hydrogens (primary N) is 1. The molecule has 5 nitrogen and oxygen atoms in total. The van der Waals surface area contributed by atoms with Crippen LogP contribution in [0.2, 0.25) is 0 Å². The van der Waals surface area contributed by atoms with Gasteiger partial charge in [0, 0.05) is 7.11 Å². The Morgan fingerprint density at radius 1 is 1.73 bits per heavy atom. The van der Waals surface area contributed by atoms with Crippen molar-refractivity contribution in [1.82, 2.24) is 5.48 Å². The van der Waals surface area contributed by atoms with E-state index in [1.807, 2.05) is 13.8 Å². The molecule has 0 aromatic carbocycles. The van der Waals surface area contributed by atoms with E-state index >= 15 is 0 Å². The van der Waals surface area contributed by atoms with Crippen LogP contribution in [0.25, 0.3) is 0 Å². The zero-order valence-electron chi connectivity index (χ0n) is 7.09. The van der Waals surface area contributed by atoms with Crippen molar-refractivity contribution in [3.63, 3.8) is 0 Å². The number of hydroxylamine groups is 1. The van der Waals surface area contributed by atoms with Crippen LogP contribution in [-0.2, 0) is 4.74 Å². The van der Waals surface area contributed by atoms with Gasteiger partial charge in [0.2, 0.25) is 5.96 Å². The minimum atomic E-state index is -0.346. The van der Waals surface area contributed by atoms with E-state index in [0.717, 1.165) is 0 Å². The highest BCUT2D eigenvalue weighted by Gasteiger charge is 2.14. The summed E-state index contributed by atoms with van der Waals surface area (Å²) in [5.41, 5.74) is 6.56. The molecule has 0 heterocycles. The molecule has 66 valence electrons. The Morgan fingerprint density at radius 2 is 2.27 bits per heavy atom. The third-order valence-electron chi connectivity index (χ3n) is 1.30. The maximum atomic E-state index is 8.26. The van der Waals surface area contributed by atoms with Gasteiger partial charge in [0.1, 0.15) is 0 Å². The Balaban J connectivity index is 3.86. The Labute approximate surface area is 66.2 Å². The van der Waals surface area contributed by atoms with Gasteiger partial charge in [-0.1, -0.05) is 0 Å². The molecule has 0 unspecified atom stereocenters. The summed E-state index contributed by atoms with van der Waals surface area (Å²) in [5, 5.41) is 8.26. The van der Waals surface area contributed by atoms with Crippen molar-refractivity contribution in [2.45, 2.75) is 19.4 Å². The van der Waals surface area contributed by atoms with Crippen molar-refractivity contribution in [2.24, 2.45) is 10.7 Å². The average molecular weight is 161 g/mol. The van der Waals surface area contributed by atoms with Crippen LogP contribution < -0.4 is 11.2 Å². The summed E-state index contributed by atoms with van der Waals surface area (Å²) in [7, 11) is 1.60. The molecule has 0 aliphatic rings. The average Bonchev–Trinajstić information content (AvgIpc) is 2.00. The molecule has 0 aromatic rings. The van der Waals surface area contributed by atoms with Crippen LogP contribution in [0.4, 0.5) is 0 Å². The highest BCUT2D eigenvalue weighted by molar-refractivity contribution is 5.76. The van der Waals surface area contributed by atoms with Crippen molar-refractivity contribution < 1.29 is 9.94 Å². The molecule has 11 heavy (non-hydrogen) atoms. The Morgan fingerprint density at radius 3 is 2.64 bits per heavy atom. The first-order chi connectivity index (χ1) is 5.02. The van der Waals surface area contributed by atoms with E-state index in [1.165, 1.54) is 0 Å². The largest absolute Gasteiger partial charge is 0.377 e. The van der Waals surface area contributed by atoms with E-state index in [-0.39, 0.29) is 11.6 Å².